The molecule has 0 saturated heterocycles. The molecule has 3 nitrogen and oxygen atoms in total. The van der Waals surface area contributed by atoms with Crippen LogP contribution in [0.3, 0.4) is 0 Å². The summed E-state index contributed by atoms with van der Waals surface area (Å²) in [6.45, 7) is 5.17. The SMILES string of the molecule is CCN(CC)C(=O)O/C=C\c1ccccc1. The lowest BCUT2D eigenvalue weighted by molar-refractivity contribution is 0.142. The number of amides is 1. The average molecular weight is 219 g/mol. The highest BCUT2D eigenvalue weighted by atomic mass is 16.5. The molecule has 0 unspecified atom stereocenters. The van der Waals surface area contributed by atoms with E-state index in [4.69, 9.17) is 4.74 Å². The molecule has 1 amide bonds. The second-order valence-electron chi connectivity index (χ2n) is 3.27. The van der Waals surface area contributed by atoms with Gasteiger partial charge in [-0.3, -0.25) is 0 Å². The van der Waals surface area contributed by atoms with Crippen molar-refractivity contribution in [2.45, 2.75) is 13.8 Å². The van der Waals surface area contributed by atoms with Crippen LogP contribution in [0.1, 0.15) is 19.4 Å². The van der Waals surface area contributed by atoms with Gasteiger partial charge in [-0.05, 0) is 25.5 Å². The standard InChI is InChI=1S/C13H17NO2/c1-3-14(4-2)13(15)16-11-10-12-8-6-5-7-9-12/h5-11H,3-4H2,1-2H3/b11-10-. The van der Waals surface area contributed by atoms with Crippen LogP contribution in [0.4, 0.5) is 4.79 Å². The molecule has 1 aromatic rings. The van der Waals surface area contributed by atoms with E-state index >= 15 is 0 Å². The number of hydrogen-bond acceptors (Lipinski definition) is 2. The minimum Gasteiger partial charge on any atom is -0.418 e. The number of benzene rings is 1. The third-order valence-electron chi connectivity index (χ3n) is 2.25. The van der Waals surface area contributed by atoms with Gasteiger partial charge in [0.15, 0.2) is 0 Å². The van der Waals surface area contributed by atoms with Gasteiger partial charge in [0.2, 0.25) is 0 Å². The lowest BCUT2D eigenvalue weighted by atomic mass is 10.2. The number of rotatable bonds is 4. The van der Waals surface area contributed by atoms with Crippen LogP contribution in [0.15, 0.2) is 36.6 Å². The normalized spacial score (nSPS) is 10.4. The molecule has 86 valence electrons. The van der Waals surface area contributed by atoms with E-state index in [-0.39, 0.29) is 6.09 Å². The van der Waals surface area contributed by atoms with Gasteiger partial charge in [-0.2, -0.15) is 0 Å². The van der Waals surface area contributed by atoms with Gasteiger partial charge in [-0.15, -0.1) is 0 Å². The molecule has 0 aliphatic carbocycles. The first-order chi connectivity index (χ1) is 7.77. The topological polar surface area (TPSA) is 29.5 Å². The van der Waals surface area contributed by atoms with E-state index in [1.165, 1.54) is 6.26 Å². The van der Waals surface area contributed by atoms with Crippen molar-refractivity contribution < 1.29 is 9.53 Å². The fourth-order valence-corrected chi connectivity index (χ4v) is 1.29. The van der Waals surface area contributed by atoms with E-state index in [1.54, 1.807) is 11.0 Å². The highest BCUT2D eigenvalue weighted by molar-refractivity contribution is 5.69. The Kier molecular flexibility index (Phi) is 5.12. The highest BCUT2D eigenvalue weighted by Crippen LogP contribution is 2.02. The van der Waals surface area contributed by atoms with Gasteiger partial charge < -0.3 is 9.64 Å². The third kappa shape index (κ3) is 3.77. The van der Waals surface area contributed by atoms with Crippen molar-refractivity contribution in [3.63, 3.8) is 0 Å². The van der Waals surface area contributed by atoms with Crippen molar-refractivity contribution in [2.75, 3.05) is 13.1 Å². The third-order valence-corrected chi connectivity index (χ3v) is 2.25. The molecule has 0 aliphatic heterocycles. The van der Waals surface area contributed by atoms with Gasteiger partial charge >= 0.3 is 6.09 Å². The quantitative estimate of drug-likeness (QED) is 0.728. The summed E-state index contributed by atoms with van der Waals surface area (Å²) >= 11 is 0. The summed E-state index contributed by atoms with van der Waals surface area (Å²) in [5, 5.41) is 0. The Labute approximate surface area is 96.3 Å². The Balaban J connectivity index is 2.45. The summed E-state index contributed by atoms with van der Waals surface area (Å²) in [4.78, 5) is 13.1. The second-order valence-corrected chi connectivity index (χ2v) is 3.27. The van der Waals surface area contributed by atoms with E-state index in [0.717, 1.165) is 5.56 Å². The van der Waals surface area contributed by atoms with Gasteiger partial charge in [0, 0.05) is 13.1 Å². The number of nitrogens with zero attached hydrogens (tertiary/aromatic N) is 1. The number of carbonyl (C=O) groups excluding carboxylic acids is 1. The molecule has 3 heteroatoms. The maximum Gasteiger partial charge on any atom is 0.414 e. The van der Waals surface area contributed by atoms with Crippen LogP contribution in [0.25, 0.3) is 6.08 Å². The molecule has 0 aromatic heterocycles. The second kappa shape index (κ2) is 6.67. The summed E-state index contributed by atoms with van der Waals surface area (Å²) in [7, 11) is 0. The van der Waals surface area contributed by atoms with E-state index in [9.17, 15) is 4.79 Å². The van der Waals surface area contributed by atoms with Gasteiger partial charge in [-0.25, -0.2) is 4.79 Å². The molecular weight excluding hydrogens is 202 g/mol. The predicted octanol–water partition coefficient (Wildman–Crippen LogP) is 3.14. The number of carbonyl (C=O) groups is 1. The van der Waals surface area contributed by atoms with Crippen molar-refractivity contribution in [3.8, 4) is 0 Å². The summed E-state index contributed by atoms with van der Waals surface area (Å²) in [5.74, 6) is 0. The van der Waals surface area contributed by atoms with Gasteiger partial charge in [0.05, 0.1) is 6.26 Å². The maximum absolute atomic E-state index is 11.4. The highest BCUT2D eigenvalue weighted by Gasteiger charge is 2.08. The predicted molar refractivity (Wildman–Crippen MR) is 64.9 cm³/mol. The molecule has 0 saturated carbocycles. The molecule has 0 fully saturated rings. The lowest BCUT2D eigenvalue weighted by Crippen LogP contribution is -2.29. The first kappa shape index (κ1) is 12.3. The number of ether oxygens (including phenoxy) is 1. The largest absolute Gasteiger partial charge is 0.418 e. The molecule has 0 atom stereocenters. The van der Waals surface area contributed by atoms with Gasteiger partial charge in [0.25, 0.3) is 0 Å². The van der Waals surface area contributed by atoms with Crippen LogP contribution in [-0.4, -0.2) is 24.1 Å². The Hall–Kier alpha value is -1.77. The smallest absolute Gasteiger partial charge is 0.414 e. The van der Waals surface area contributed by atoms with Crippen LogP contribution in [-0.2, 0) is 4.74 Å². The molecule has 0 radical (unpaired) electrons. The monoisotopic (exact) mass is 219 g/mol. The Bertz CT molecular complexity index is 342. The molecule has 0 aliphatic rings. The Morgan fingerprint density at radius 2 is 1.88 bits per heavy atom. The molecule has 0 N–H and O–H groups in total. The van der Waals surface area contributed by atoms with Crippen molar-refractivity contribution in [1.82, 2.24) is 4.90 Å². The zero-order valence-corrected chi connectivity index (χ0v) is 9.72. The zero-order valence-electron chi connectivity index (χ0n) is 9.72. The minimum atomic E-state index is -0.308. The van der Waals surface area contributed by atoms with Gasteiger partial charge in [-0.1, -0.05) is 30.3 Å². The summed E-state index contributed by atoms with van der Waals surface area (Å²) in [6.07, 6.45) is 2.88. The van der Waals surface area contributed by atoms with E-state index in [1.807, 2.05) is 44.2 Å². The fraction of sp³-hybridized carbons (Fsp3) is 0.308. The molecule has 16 heavy (non-hydrogen) atoms. The molecule has 1 rings (SSSR count). The first-order valence-corrected chi connectivity index (χ1v) is 5.45. The van der Waals surface area contributed by atoms with E-state index in [0.29, 0.717) is 13.1 Å². The minimum absolute atomic E-state index is 0.308. The Morgan fingerprint density at radius 3 is 2.44 bits per heavy atom. The summed E-state index contributed by atoms with van der Waals surface area (Å²) < 4.78 is 5.00. The average Bonchev–Trinajstić information content (AvgIpc) is 2.32. The van der Waals surface area contributed by atoms with Crippen molar-refractivity contribution >= 4 is 12.2 Å². The first-order valence-electron chi connectivity index (χ1n) is 5.45. The van der Waals surface area contributed by atoms with Gasteiger partial charge in [0.1, 0.15) is 0 Å². The molecule has 0 heterocycles. The van der Waals surface area contributed by atoms with Crippen LogP contribution in [0.5, 0.6) is 0 Å². The van der Waals surface area contributed by atoms with Crippen molar-refractivity contribution in [1.29, 1.82) is 0 Å². The summed E-state index contributed by atoms with van der Waals surface area (Å²) in [6, 6.07) is 9.71. The molecular formula is C13H17NO2. The molecule has 1 aromatic carbocycles. The van der Waals surface area contributed by atoms with Crippen molar-refractivity contribution in [3.05, 3.63) is 42.2 Å². The van der Waals surface area contributed by atoms with E-state index < -0.39 is 0 Å². The van der Waals surface area contributed by atoms with Crippen LogP contribution in [0.2, 0.25) is 0 Å². The fourth-order valence-electron chi connectivity index (χ4n) is 1.29. The lowest BCUT2D eigenvalue weighted by Gasteiger charge is -2.16. The maximum atomic E-state index is 11.4. The molecule has 0 bridgehead atoms. The number of hydrogen-bond donors (Lipinski definition) is 0. The van der Waals surface area contributed by atoms with Crippen molar-refractivity contribution in [2.24, 2.45) is 0 Å². The van der Waals surface area contributed by atoms with E-state index in [2.05, 4.69) is 0 Å². The van der Waals surface area contributed by atoms with Crippen LogP contribution < -0.4 is 0 Å². The zero-order chi connectivity index (χ0) is 11.8. The summed E-state index contributed by atoms with van der Waals surface area (Å²) in [5.41, 5.74) is 1.01. The Morgan fingerprint density at radius 1 is 1.25 bits per heavy atom. The van der Waals surface area contributed by atoms with Crippen LogP contribution >= 0.6 is 0 Å². The van der Waals surface area contributed by atoms with Crippen LogP contribution in [0, 0.1) is 0 Å². The molecule has 0 spiro atoms.